The Morgan fingerprint density at radius 2 is 1.76 bits per heavy atom. The number of carbonyl (C=O) groups is 3. The van der Waals surface area contributed by atoms with Gasteiger partial charge < -0.3 is 20.9 Å². The number of urea groups is 1. The first-order valence-corrected chi connectivity index (χ1v) is 10.3. The Bertz CT molecular complexity index is 926. The van der Waals surface area contributed by atoms with Crippen molar-refractivity contribution in [3.8, 4) is 0 Å². The van der Waals surface area contributed by atoms with Gasteiger partial charge in [0.1, 0.15) is 5.82 Å². The Labute approximate surface area is 171 Å². The van der Waals surface area contributed by atoms with Crippen molar-refractivity contribution in [3.05, 3.63) is 47.1 Å². The number of rotatable bonds is 5. The maximum absolute atomic E-state index is 12.9. The van der Waals surface area contributed by atoms with Crippen LogP contribution in [-0.2, 0) is 4.79 Å². The Morgan fingerprint density at radius 3 is 2.48 bits per heavy atom. The summed E-state index contributed by atoms with van der Waals surface area (Å²) < 4.78 is 12.9. The largest absolute Gasteiger partial charge is 0.336 e. The second-order valence-corrected chi connectivity index (χ2v) is 8.35. The zero-order valence-electron chi connectivity index (χ0n) is 15.6. The number of halogens is 1. The van der Waals surface area contributed by atoms with Gasteiger partial charge in [0.2, 0.25) is 5.91 Å². The standard InChI is InChI=1S/C20H21FN4O3S/c21-13-3-5-14(6-4-13)22-20(28)23-15-9-10-25(11-15)19(27)16-7-8-17(29-16)24-18(26)12-1-2-12/h3-8,12,15H,1-2,9-11H2,(H,24,26)(H2,22,23,28). The predicted molar refractivity (Wildman–Crippen MR) is 109 cm³/mol. The van der Waals surface area contributed by atoms with Crippen LogP contribution in [0.15, 0.2) is 36.4 Å². The fourth-order valence-electron chi connectivity index (χ4n) is 3.19. The third-order valence-electron chi connectivity index (χ3n) is 4.92. The van der Waals surface area contributed by atoms with E-state index in [1.807, 2.05) is 0 Å². The molecule has 1 aliphatic heterocycles. The third-order valence-corrected chi connectivity index (χ3v) is 5.91. The molecule has 7 nitrogen and oxygen atoms in total. The van der Waals surface area contributed by atoms with E-state index in [4.69, 9.17) is 0 Å². The molecule has 1 aliphatic carbocycles. The van der Waals surface area contributed by atoms with Crippen molar-refractivity contribution >= 4 is 39.9 Å². The van der Waals surface area contributed by atoms with E-state index in [-0.39, 0.29) is 29.6 Å². The van der Waals surface area contributed by atoms with Gasteiger partial charge in [0.25, 0.3) is 5.91 Å². The van der Waals surface area contributed by atoms with E-state index < -0.39 is 6.03 Å². The van der Waals surface area contributed by atoms with Crippen molar-refractivity contribution in [3.63, 3.8) is 0 Å². The third kappa shape index (κ3) is 4.92. The van der Waals surface area contributed by atoms with Crippen molar-refractivity contribution in [2.75, 3.05) is 23.7 Å². The highest BCUT2D eigenvalue weighted by Crippen LogP contribution is 2.32. The maximum atomic E-state index is 12.9. The van der Waals surface area contributed by atoms with Crippen molar-refractivity contribution in [1.82, 2.24) is 10.2 Å². The van der Waals surface area contributed by atoms with Gasteiger partial charge in [0.05, 0.1) is 9.88 Å². The number of hydrogen-bond acceptors (Lipinski definition) is 4. The van der Waals surface area contributed by atoms with Crippen molar-refractivity contribution in [2.24, 2.45) is 5.92 Å². The predicted octanol–water partition coefficient (Wildman–Crippen LogP) is 3.27. The van der Waals surface area contributed by atoms with Crippen LogP contribution in [0.2, 0.25) is 0 Å². The molecule has 0 radical (unpaired) electrons. The van der Waals surface area contributed by atoms with Gasteiger partial charge in [-0.15, -0.1) is 11.3 Å². The number of hydrogen-bond donors (Lipinski definition) is 3. The number of carbonyl (C=O) groups excluding carboxylic acids is 3. The van der Waals surface area contributed by atoms with Gasteiger partial charge in [-0.05, 0) is 55.7 Å². The summed E-state index contributed by atoms with van der Waals surface area (Å²) in [5.41, 5.74) is 0.495. The lowest BCUT2D eigenvalue weighted by molar-refractivity contribution is -0.117. The minimum Gasteiger partial charge on any atom is -0.336 e. The van der Waals surface area contributed by atoms with Crippen molar-refractivity contribution in [2.45, 2.75) is 25.3 Å². The molecule has 4 amide bonds. The molecule has 1 aromatic carbocycles. The quantitative estimate of drug-likeness (QED) is 0.699. The van der Waals surface area contributed by atoms with E-state index in [0.29, 0.717) is 35.1 Å². The first-order valence-electron chi connectivity index (χ1n) is 9.51. The summed E-state index contributed by atoms with van der Waals surface area (Å²) in [7, 11) is 0. The van der Waals surface area contributed by atoms with Crippen molar-refractivity contribution < 1.29 is 18.8 Å². The smallest absolute Gasteiger partial charge is 0.319 e. The van der Waals surface area contributed by atoms with Gasteiger partial charge in [-0.3, -0.25) is 9.59 Å². The number of amides is 4. The molecular weight excluding hydrogens is 395 g/mol. The summed E-state index contributed by atoms with van der Waals surface area (Å²) in [4.78, 5) is 38.9. The molecule has 1 aromatic heterocycles. The van der Waals surface area contributed by atoms with Crippen LogP contribution in [0.4, 0.5) is 19.9 Å². The summed E-state index contributed by atoms with van der Waals surface area (Å²) in [6, 6.07) is 8.43. The Balaban J connectivity index is 1.27. The molecule has 152 valence electrons. The minimum absolute atomic E-state index is 0.0171. The van der Waals surface area contributed by atoms with E-state index in [2.05, 4.69) is 16.0 Å². The number of anilines is 2. The van der Waals surface area contributed by atoms with Gasteiger partial charge >= 0.3 is 6.03 Å². The number of thiophene rings is 1. The molecule has 3 N–H and O–H groups in total. The zero-order valence-corrected chi connectivity index (χ0v) is 16.4. The maximum Gasteiger partial charge on any atom is 0.319 e. The van der Waals surface area contributed by atoms with Crippen LogP contribution >= 0.6 is 11.3 Å². The lowest BCUT2D eigenvalue weighted by Gasteiger charge is -2.16. The van der Waals surface area contributed by atoms with E-state index in [0.717, 1.165) is 12.8 Å². The molecule has 2 aliphatic rings. The van der Waals surface area contributed by atoms with E-state index >= 15 is 0 Å². The number of likely N-dealkylation sites (tertiary alicyclic amines) is 1. The molecule has 0 spiro atoms. The number of nitrogens with one attached hydrogen (secondary N) is 3. The highest BCUT2D eigenvalue weighted by atomic mass is 32.1. The molecule has 29 heavy (non-hydrogen) atoms. The summed E-state index contributed by atoms with van der Waals surface area (Å²) in [6.07, 6.45) is 2.51. The Kier molecular flexibility index (Phi) is 5.48. The van der Waals surface area contributed by atoms with Gasteiger partial charge in [0.15, 0.2) is 0 Å². The molecule has 4 rings (SSSR count). The van der Waals surface area contributed by atoms with Crippen LogP contribution in [0.3, 0.4) is 0 Å². The Morgan fingerprint density at radius 1 is 1.00 bits per heavy atom. The zero-order chi connectivity index (χ0) is 20.4. The highest BCUT2D eigenvalue weighted by molar-refractivity contribution is 7.18. The molecule has 2 fully saturated rings. The van der Waals surface area contributed by atoms with Crippen LogP contribution in [0.5, 0.6) is 0 Å². The van der Waals surface area contributed by atoms with Crippen LogP contribution in [0.25, 0.3) is 0 Å². The number of nitrogens with zero attached hydrogens (tertiary/aromatic N) is 1. The molecule has 1 saturated heterocycles. The van der Waals surface area contributed by atoms with Crippen LogP contribution in [0, 0.1) is 11.7 Å². The lowest BCUT2D eigenvalue weighted by Crippen LogP contribution is -2.40. The highest BCUT2D eigenvalue weighted by Gasteiger charge is 2.31. The van der Waals surface area contributed by atoms with E-state index in [9.17, 15) is 18.8 Å². The van der Waals surface area contributed by atoms with Crippen LogP contribution in [0.1, 0.15) is 28.9 Å². The topological polar surface area (TPSA) is 90.5 Å². The van der Waals surface area contributed by atoms with Crippen LogP contribution in [-0.4, -0.2) is 41.9 Å². The van der Waals surface area contributed by atoms with Crippen LogP contribution < -0.4 is 16.0 Å². The van der Waals surface area contributed by atoms with Gasteiger partial charge in [-0.25, -0.2) is 9.18 Å². The second kappa shape index (κ2) is 8.20. The average molecular weight is 416 g/mol. The minimum atomic E-state index is -0.392. The van der Waals surface area contributed by atoms with Crippen molar-refractivity contribution in [1.29, 1.82) is 0 Å². The lowest BCUT2D eigenvalue weighted by atomic mass is 10.3. The molecule has 2 heterocycles. The molecule has 1 unspecified atom stereocenters. The first-order chi connectivity index (χ1) is 14.0. The summed E-state index contributed by atoms with van der Waals surface area (Å²) in [5.74, 6) is -0.346. The fraction of sp³-hybridized carbons (Fsp3) is 0.350. The summed E-state index contributed by atoms with van der Waals surface area (Å²) >= 11 is 1.27. The first kappa shape index (κ1) is 19.4. The molecule has 9 heteroatoms. The van der Waals surface area contributed by atoms with Gasteiger partial charge in [-0.1, -0.05) is 0 Å². The number of benzene rings is 1. The second-order valence-electron chi connectivity index (χ2n) is 7.27. The van der Waals surface area contributed by atoms with E-state index in [1.54, 1.807) is 17.0 Å². The monoisotopic (exact) mass is 416 g/mol. The summed E-state index contributed by atoms with van der Waals surface area (Å²) in [5, 5.41) is 9.02. The van der Waals surface area contributed by atoms with Gasteiger partial charge in [-0.2, -0.15) is 0 Å². The fourth-order valence-corrected chi connectivity index (χ4v) is 4.07. The Hall–Kier alpha value is -2.94. The molecule has 1 atom stereocenters. The van der Waals surface area contributed by atoms with Gasteiger partial charge in [0, 0.05) is 30.7 Å². The molecule has 2 aromatic rings. The molecule has 1 saturated carbocycles. The molecular formula is C20H21FN4O3S. The SMILES string of the molecule is O=C(Nc1ccc(F)cc1)NC1CCN(C(=O)c2ccc(NC(=O)C3CC3)s2)C1. The summed E-state index contributed by atoms with van der Waals surface area (Å²) in [6.45, 7) is 0.958. The normalized spacial score (nSPS) is 18.4. The average Bonchev–Trinajstić information content (AvgIpc) is 3.29. The van der Waals surface area contributed by atoms with E-state index in [1.165, 1.54) is 35.6 Å². The molecule has 0 bridgehead atoms.